The number of nitrogens with one attached hydrogen (secondary N) is 1. The molecular formula is C18H14N4O2. The summed E-state index contributed by atoms with van der Waals surface area (Å²) in [6.07, 6.45) is 0.998. The summed E-state index contributed by atoms with van der Waals surface area (Å²) in [5, 5.41) is 16.6. The number of benzene rings is 2. The number of rotatable bonds is 3. The molecule has 0 atom stereocenters. The topological polar surface area (TPSA) is 84.0 Å². The van der Waals surface area contributed by atoms with Crippen LogP contribution in [0.1, 0.15) is 11.1 Å². The Morgan fingerprint density at radius 1 is 1.21 bits per heavy atom. The van der Waals surface area contributed by atoms with Gasteiger partial charge in [0.25, 0.3) is 5.89 Å². The van der Waals surface area contributed by atoms with E-state index in [0.29, 0.717) is 28.6 Å². The molecule has 1 aromatic heterocycles. The number of fused-ring (bicyclic) bond motifs is 1. The van der Waals surface area contributed by atoms with Gasteiger partial charge in [-0.3, -0.25) is 0 Å². The van der Waals surface area contributed by atoms with Gasteiger partial charge in [0.1, 0.15) is 11.8 Å². The molecule has 0 spiro atoms. The van der Waals surface area contributed by atoms with Crippen molar-refractivity contribution in [2.24, 2.45) is 0 Å². The molecular weight excluding hydrogens is 304 g/mol. The van der Waals surface area contributed by atoms with Crippen LogP contribution in [-0.2, 0) is 6.42 Å². The molecule has 3 aromatic rings. The van der Waals surface area contributed by atoms with Gasteiger partial charge in [-0.15, -0.1) is 0 Å². The Kier molecular flexibility index (Phi) is 3.39. The molecule has 1 N–H and O–H groups in total. The highest BCUT2D eigenvalue weighted by Crippen LogP contribution is 2.30. The Morgan fingerprint density at radius 2 is 2.08 bits per heavy atom. The van der Waals surface area contributed by atoms with Gasteiger partial charge in [0.05, 0.1) is 12.7 Å². The first-order valence-corrected chi connectivity index (χ1v) is 7.58. The van der Waals surface area contributed by atoms with Crippen LogP contribution in [-0.4, -0.2) is 23.8 Å². The zero-order chi connectivity index (χ0) is 16.5. The number of hydrogen-bond acceptors (Lipinski definition) is 6. The number of nitriles is 1. The molecule has 6 heteroatoms. The summed E-state index contributed by atoms with van der Waals surface area (Å²) in [6.45, 7) is 0.957. The van der Waals surface area contributed by atoms with Crippen molar-refractivity contribution in [1.82, 2.24) is 10.1 Å². The Labute approximate surface area is 138 Å². The maximum Gasteiger partial charge on any atom is 0.258 e. The monoisotopic (exact) mass is 318 g/mol. The molecule has 0 saturated heterocycles. The second kappa shape index (κ2) is 5.70. The quantitative estimate of drug-likeness (QED) is 0.798. The average molecular weight is 318 g/mol. The van der Waals surface area contributed by atoms with Crippen LogP contribution < -0.4 is 10.1 Å². The number of anilines is 1. The molecule has 0 saturated carbocycles. The Bertz CT molecular complexity index is 956. The summed E-state index contributed by atoms with van der Waals surface area (Å²) >= 11 is 0. The SMILES string of the molecule is COc1ccc(-c2nc(-c3ccc4c(c3)CCN4)no2)cc1C#N. The van der Waals surface area contributed by atoms with Crippen LogP contribution in [0.15, 0.2) is 40.9 Å². The number of ether oxygens (including phenoxy) is 1. The molecule has 0 radical (unpaired) electrons. The molecule has 1 aliphatic rings. The largest absolute Gasteiger partial charge is 0.495 e. The van der Waals surface area contributed by atoms with Crippen molar-refractivity contribution in [2.75, 3.05) is 19.0 Å². The van der Waals surface area contributed by atoms with Crippen LogP contribution >= 0.6 is 0 Å². The molecule has 0 amide bonds. The molecule has 2 heterocycles. The first-order valence-electron chi connectivity index (χ1n) is 7.58. The van der Waals surface area contributed by atoms with Crippen LogP contribution in [0.4, 0.5) is 5.69 Å². The minimum Gasteiger partial charge on any atom is -0.495 e. The van der Waals surface area contributed by atoms with Crippen molar-refractivity contribution < 1.29 is 9.26 Å². The van der Waals surface area contributed by atoms with E-state index in [0.717, 1.165) is 24.2 Å². The molecule has 0 aliphatic carbocycles. The smallest absolute Gasteiger partial charge is 0.258 e. The Hall–Kier alpha value is -3.33. The third kappa shape index (κ3) is 2.36. The van der Waals surface area contributed by atoms with Gasteiger partial charge in [0, 0.05) is 23.4 Å². The van der Waals surface area contributed by atoms with E-state index in [2.05, 4.69) is 27.6 Å². The van der Waals surface area contributed by atoms with Gasteiger partial charge < -0.3 is 14.6 Å². The normalized spacial score (nSPS) is 12.3. The lowest BCUT2D eigenvalue weighted by atomic mass is 10.1. The van der Waals surface area contributed by atoms with E-state index in [-0.39, 0.29) is 0 Å². The maximum absolute atomic E-state index is 9.19. The predicted molar refractivity (Wildman–Crippen MR) is 88.6 cm³/mol. The van der Waals surface area contributed by atoms with E-state index in [9.17, 15) is 5.26 Å². The minimum atomic E-state index is 0.378. The third-order valence-corrected chi connectivity index (χ3v) is 4.07. The number of nitrogens with zero attached hydrogens (tertiary/aromatic N) is 3. The number of aromatic nitrogens is 2. The molecule has 2 aromatic carbocycles. The lowest BCUT2D eigenvalue weighted by Crippen LogP contribution is -1.90. The van der Waals surface area contributed by atoms with E-state index >= 15 is 0 Å². The van der Waals surface area contributed by atoms with Crippen LogP contribution in [0.3, 0.4) is 0 Å². The third-order valence-electron chi connectivity index (χ3n) is 4.07. The summed E-state index contributed by atoms with van der Waals surface area (Å²) < 4.78 is 10.5. The summed E-state index contributed by atoms with van der Waals surface area (Å²) in [5.74, 6) is 1.43. The fourth-order valence-corrected chi connectivity index (χ4v) is 2.83. The van der Waals surface area contributed by atoms with Gasteiger partial charge in [-0.2, -0.15) is 10.2 Å². The summed E-state index contributed by atoms with van der Waals surface area (Å²) in [6, 6.07) is 13.4. The predicted octanol–water partition coefficient (Wildman–Crippen LogP) is 3.25. The molecule has 118 valence electrons. The van der Waals surface area contributed by atoms with Crippen molar-refractivity contribution in [3.63, 3.8) is 0 Å². The zero-order valence-electron chi connectivity index (χ0n) is 13.0. The molecule has 0 bridgehead atoms. The van der Waals surface area contributed by atoms with E-state index in [1.165, 1.54) is 12.7 Å². The lowest BCUT2D eigenvalue weighted by molar-refractivity contribution is 0.413. The van der Waals surface area contributed by atoms with Gasteiger partial charge in [0.2, 0.25) is 5.82 Å². The van der Waals surface area contributed by atoms with Crippen LogP contribution in [0.5, 0.6) is 5.75 Å². The maximum atomic E-state index is 9.19. The molecule has 0 fully saturated rings. The molecule has 1 aliphatic heterocycles. The summed E-state index contributed by atoms with van der Waals surface area (Å²) in [7, 11) is 1.53. The van der Waals surface area contributed by atoms with Gasteiger partial charge >= 0.3 is 0 Å². The van der Waals surface area contributed by atoms with Crippen molar-refractivity contribution in [1.29, 1.82) is 5.26 Å². The van der Waals surface area contributed by atoms with Gasteiger partial charge in [-0.25, -0.2) is 0 Å². The molecule has 0 unspecified atom stereocenters. The van der Waals surface area contributed by atoms with E-state index in [4.69, 9.17) is 9.26 Å². The highest BCUT2D eigenvalue weighted by molar-refractivity contribution is 5.67. The van der Waals surface area contributed by atoms with Crippen molar-refractivity contribution in [3.8, 4) is 34.7 Å². The highest BCUT2D eigenvalue weighted by Gasteiger charge is 2.16. The second-order valence-corrected chi connectivity index (χ2v) is 5.50. The zero-order valence-corrected chi connectivity index (χ0v) is 13.0. The van der Waals surface area contributed by atoms with Gasteiger partial charge in [0.15, 0.2) is 0 Å². The number of methoxy groups -OCH3 is 1. The van der Waals surface area contributed by atoms with Gasteiger partial charge in [-0.05, 0) is 48.4 Å². The molecule has 24 heavy (non-hydrogen) atoms. The van der Waals surface area contributed by atoms with E-state index in [1.54, 1.807) is 18.2 Å². The Morgan fingerprint density at radius 3 is 2.92 bits per heavy atom. The van der Waals surface area contributed by atoms with E-state index < -0.39 is 0 Å². The molecule has 4 rings (SSSR count). The minimum absolute atomic E-state index is 0.378. The second-order valence-electron chi connectivity index (χ2n) is 5.50. The first-order chi connectivity index (χ1) is 11.8. The molecule has 6 nitrogen and oxygen atoms in total. The number of hydrogen-bond donors (Lipinski definition) is 1. The summed E-state index contributed by atoms with van der Waals surface area (Å²) in [5.41, 5.74) is 4.46. The Balaban J connectivity index is 1.69. The highest BCUT2D eigenvalue weighted by atomic mass is 16.5. The lowest BCUT2D eigenvalue weighted by Gasteiger charge is -2.02. The van der Waals surface area contributed by atoms with Crippen molar-refractivity contribution in [2.45, 2.75) is 6.42 Å². The first kappa shape index (κ1) is 14.3. The average Bonchev–Trinajstić information content (AvgIpc) is 3.29. The standard InChI is InChI=1S/C18H14N4O2/c1-23-16-5-3-13(9-14(16)10-19)18-21-17(22-24-18)12-2-4-15-11(8-12)6-7-20-15/h2-5,8-9,20H,6-7H2,1H3. The fourth-order valence-electron chi connectivity index (χ4n) is 2.83. The van der Waals surface area contributed by atoms with Crippen LogP contribution in [0.2, 0.25) is 0 Å². The van der Waals surface area contributed by atoms with Crippen molar-refractivity contribution >= 4 is 5.69 Å². The van der Waals surface area contributed by atoms with Crippen molar-refractivity contribution in [3.05, 3.63) is 47.5 Å². The van der Waals surface area contributed by atoms with E-state index in [1.807, 2.05) is 12.1 Å². The fraction of sp³-hybridized carbons (Fsp3) is 0.167. The summed E-state index contributed by atoms with van der Waals surface area (Å²) in [4.78, 5) is 4.46. The van der Waals surface area contributed by atoms with Crippen LogP contribution in [0, 0.1) is 11.3 Å². The van der Waals surface area contributed by atoms with Gasteiger partial charge in [-0.1, -0.05) is 5.16 Å². The van der Waals surface area contributed by atoms with Crippen LogP contribution in [0.25, 0.3) is 22.8 Å².